The summed E-state index contributed by atoms with van der Waals surface area (Å²) in [6, 6.07) is 16.2. The number of ether oxygens (including phenoxy) is 1. The van der Waals surface area contributed by atoms with Gasteiger partial charge in [0, 0.05) is 11.1 Å². The lowest BCUT2D eigenvalue weighted by molar-refractivity contribution is 0.417. The lowest BCUT2D eigenvalue weighted by Gasteiger charge is -2.08. The maximum absolute atomic E-state index is 5.96. The highest BCUT2D eigenvalue weighted by Gasteiger charge is 2.04. The van der Waals surface area contributed by atoms with E-state index in [1.54, 1.807) is 7.11 Å². The first-order chi connectivity index (χ1) is 9.67. The first-order valence-corrected chi connectivity index (χ1v) is 6.49. The number of benzene rings is 2. The fraction of sp³-hybridized carbons (Fsp3) is 0.118. The fourth-order valence-electron chi connectivity index (χ4n) is 2.32. The molecule has 0 saturated carbocycles. The van der Waals surface area contributed by atoms with Gasteiger partial charge in [-0.1, -0.05) is 18.2 Å². The number of hydrogen-bond donors (Lipinski definition) is 1. The molecule has 2 N–H and O–H groups in total. The van der Waals surface area contributed by atoms with Gasteiger partial charge in [0.1, 0.15) is 5.75 Å². The van der Waals surface area contributed by atoms with E-state index >= 15 is 0 Å². The number of aromatic nitrogens is 1. The van der Waals surface area contributed by atoms with Crippen molar-refractivity contribution in [3.63, 3.8) is 0 Å². The molecular formula is C17H16N2O. The van der Waals surface area contributed by atoms with Crippen LogP contribution in [0, 0.1) is 6.92 Å². The van der Waals surface area contributed by atoms with Crippen LogP contribution in [0.4, 0.5) is 5.69 Å². The molecule has 0 atom stereocenters. The Labute approximate surface area is 118 Å². The molecule has 3 rings (SSSR count). The molecule has 0 aliphatic heterocycles. The highest BCUT2D eigenvalue weighted by molar-refractivity contribution is 5.85. The third-order valence-electron chi connectivity index (χ3n) is 3.39. The Kier molecular flexibility index (Phi) is 3.03. The zero-order valence-corrected chi connectivity index (χ0v) is 11.6. The fourth-order valence-corrected chi connectivity index (χ4v) is 2.32. The van der Waals surface area contributed by atoms with Gasteiger partial charge in [0.25, 0.3) is 0 Å². The minimum atomic E-state index is 0.645. The van der Waals surface area contributed by atoms with Crippen molar-refractivity contribution in [1.29, 1.82) is 0 Å². The second-order valence-corrected chi connectivity index (χ2v) is 4.82. The first-order valence-electron chi connectivity index (χ1n) is 6.49. The topological polar surface area (TPSA) is 48.1 Å². The Bertz CT molecular complexity index is 781. The van der Waals surface area contributed by atoms with Crippen LogP contribution in [0.1, 0.15) is 5.69 Å². The molecule has 0 aliphatic rings. The van der Waals surface area contributed by atoms with Crippen molar-refractivity contribution in [2.24, 2.45) is 0 Å². The number of rotatable bonds is 2. The van der Waals surface area contributed by atoms with Crippen LogP contribution in [-0.2, 0) is 0 Å². The van der Waals surface area contributed by atoms with Crippen molar-refractivity contribution >= 4 is 16.6 Å². The minimum absolute atomic E-state index is 0.645. The van der Waals surface area contributed by atoms with E-state index in [1.165, 1.54) is 0 Å². The summed E-state index contributed by atoms with van der Waals surface area (Å²) in [5.41, 5.74) is 10.8. The van der Waals surface area contributed by atoms with E-state index in [2.05, 4.69) is 23.2 Å². The van der Waals surface area contributed by atoms with Gasteiger partial charge >= 0.3 is 0 Å². The third kappa shape index (κ3) is 2.18. The number of methoxy groups -OCH3 is 1. The number of nitrogens with two attached hydrogens (primary N) is 1. The minimum Gasteiger partial charge on any atom is -0.495 e. The Balaban J connectivity index is 2.10. The van der Waals surface area contributed by atoms with Crippen LogP contribution in [0.15, 0.2) is 48.5 Å². The summed E-state index contributed by atoms with van der Waals surface area (Å²) in [5.74, 6) is 0.701. The van der Waals surface area contributed by atoms with Crippen molar-refractivity contribution in [2.75, 3.05) is 12.8 Å². The molecule has 0 fully saturated rings. The molecule has 0 unspecified atom stereocenters. The molecule has 0 bridgehead atoms. The quantitative estimate of drug-likeness (QED) is 0.716. The molecular weight excluding hydrogens is 248 g/mol. The number of nitrogen functional groups attached to an aromatic ring is 1. The average molecular weight is 264 g/mol. The van der Waals surface area contributed by atoms with Gasteiger partial charge in [-0.05, 0) is 48.4 Å². The van der Waals surface area contributed by atoms with Crippen LogP contribution in [-0.4, -0.2) is 12.1 Å². The number of pyridine rings is 1. The Morgan fingerprint density at radius 1 is 0.950 bits per heavy atom. The number of fused-ring (bicyclic) bond motifs is 1. The van der Waals surface area contributed by atoms with Crippen LogP contribution in [0.2, 0.25) is 0 Å². The number of nitrogens with zero attached hydrogens (tertiary/aromatic N) is 1. The highest BCUT2D eigenvalue weighted by Crippen LogP contribution is 2.29. The van der Waals surface area contributed by atoms with Crippen LogP contribution < -0.4 is 10.5 Å². The van der Waals surface area contributed by atoms with E-state index in [9.17, 15) is 0 Å². The maximum atomic E-state index is 5.96. The number of hydrogen-bond acceptors (Lipinski definition) is 3. The van der Waals surface area contributed by atoms with Gasteiger partial charge in [0.2, 0.25) is 0 Å². The van der Waals surface area contributed by atoms with Gasteiger partial charge in [-0.2, -0.15) is 0 Å². The van der Waals surface area contributed by atoms with Crippen molar-refractivity contribution < 1.29 is 4.74 Å². The summed E-state index contributed by atoms with van der Waals surface area (Å²) in [6.45, 7) is 2.00. The predicted molar refractivity (Wildman–Crippen MR) is 82.9 cm³/mol. The zero-order valence-electron chi connectivity index (χ0n) is 11.6. The highest BCUT2D eigenvalue weighted by atomic mass is 16.5. The zero-order chi connectivity index (χ0) is 14.1. The maximum Gasteiger partial charge on any atom is 0.141 e. The Morgan fingerprint density at radius 2 is 1.70 bits per heavy atom. The predicted octanol–water partition coefficient (Wildman–Crippen LogP) is 3.80. The van der Waals surface area contributed by atoms with E-state index in [-0.39, 0.29) is 0 Å². The van der Waals surface area contributed by atoms with Gasteiger partial charge in [-0.3, -0.25) is 4.98 Å². The van der Waals surface area contributed by atoms with E-state index in [1.807, 2.05) is 37.3 Å². The summed E-state index contributed by atoms with van der Waals surface area (Å²) in [5, 5.41) is 1.13. The molecule has 2 aromatic carbocycles. The normalized spacial score (nSPS) is 10.7. The van der Waals surface area contributed by atoms with E-state index in [0.29, 0.717) is 11.4 Å². The molecule has 100 valence electrons. The molecule has 0 spiro atoms. The molecule has 3 nitrogen and oxygen atoms in total. The molecule has 0 radical (unpaired) electrons. The van der Waals surface area contributed by atoms with E-state index < -0.39 is 0 Å². The monoisotopic (exact) mass is 264 g/mol. The van der Waals surface area contributed by atoms with Gasteiger partial charge in [-0.15, -0.1) is 0 Å². The number of anilines is 1. The SMILES string of the molecule is COc1ccc(-c2ccc3nc(C)ccc3c2)cc1N. The molecule has 1 heterocycles. The van der Waals surface area contributed by atoms with Crippen molar-refractivity contribution in [3.8, 4) is 16.9 Å². The van der Waals surface area contributed by atoms with Crippen LogP contribution in [0.25, 0.3) is 22.0 Å². The average Bonchev–Trinajstić information content (AvgIpc) is 2.46. The molecule has 20 heavy (non-hydrogen) atoms. The van der Waals surface area contributed by atoms with Gasteiger partial charge in [-0.25, -0.2) is 0 Å². The van der Waals surface area contributed by atoms with Crippen LogP contribution in [0.5, 0.6) is 5.75 Å². The second-order valence-electron chi connectivity index (χ2n) is 4.82. The Hall–Kier alpha value is -2.55. The second kappa shape index (κ2) is 4.85. The molecule has 1 aromatic heterocycles. The number of aryl methyl sites for hydroxylation is 1. The largest absolute Gasteiger partial charge is 0.495 e. The Morgan fingerprint density at radius 3 is 2.45 bits per heavy atom. The van der Waals surface area contributed by atoms with Crippen molar-refractivity contribution in [1.82, 2.24) is 4.98 Å². The van der Waals surface area contributed by atoms with Crippen LogP contribution >= 0.6 is 0 Å². The molecule has 3 heteroatoms. The third-order valence-corrected chi connectivity index (χ3v) is 3.39. The van der Waals surface area contributed by atoms with Gasteiger partial charge in [0.15, 0.2) is 0 Å². The molecule has 0 aliphatic carbocycles. The van der Waals surface area contributed by atoms with Crippen molar-refractivity contribution in [3.05, 3.63) is 54.2 Å². The lowest BCUT2D eigenvalue weighted by atomic mass is 10.0. The lowest BCUT2D eigenvalue weighted by Crippen LogP contribution is -1.92. The first kappa shape index (κ1) is 12.5. The molecule has 3 aromatic rings. The summed E-state index contributed by atoms with van der Waals surface area (Å²) < 4.78 is 5.18. The standard InChI is InChI=1S/C17H16N2O/c1-11-3-4-14-9-12(5-7-16(14)19-11)13-6-8-17(20-2)15(18)10-13/h3-10H,18H2,1-2H3. The van der Waals surface area contributed by atoms with Crippen molar-refractivity contribution in [2.45, 2.75) is 6.92 Å². The van der Waals surface area contributed by atoms with Gasteiger partial charge in [0.05, 0.1) is 18.3 Å². The van der Waals surface area contributed by atoms with E-state index in [4.69, 9.17) is 10.5 Å². The molecule has 0 amide bonds. The van der Waals surface area contributed by atoms with Gasteiger partial charge < -0.3 is 10.5 Å². The smallest absolute Gasteiger partial charge is 0.141 e. The molecule has 0 saturated heterocycles. The van der Waals surface area contributed by atoms with Crippen LogP contribution in [0.3, 0.4) is 0 Å². The van der Waals surface area contributed by atoms with E-state index in [0.717, 1.165) is 27.7 Å². The summed E-state index contributed by atoms with van der Waals surface area (Å²) in [6.07, 6.45) is 0. The summed E-state index contributed by atoms with van der Waals surface area (Å²) in [4.78, 5) is 4.51. The summed E-state index contributed by atoms with van der Waals surface area (Å²) in [7, 11) is 1.62. The summed E-state index contributed by atoms with van der Waals surface area (Å²) >= 11 is 0.